The number of imidazole rings is 1. The van der Waals surface area contributed by atoms with E-state index in [0.29, 0.717) is 34.0 Å². The number of anilines is 2. The van der Waals surface area contributed by atoms with Crippen LogP contribution in [0.4, 0.5) is 15.8 Å². The van der Waals surface area contributed by atoms with Gasteiger partial charge in [0.2, 0.25) is 0 Å². The van der Waals surface area contributed by atoms with Gasteiger partial charge in [-0.05, 0) is 79.4 Å². The molecule has 0 spiro atoms. The molecule has 49 heavy (non-hydrogen) atoms. The van der Waals surface area contributed by atoms with Crippen molar-refractivity contribution in [3.05, 3.63) is 137 Å². The van der Waals surface area contributed by atoms with E-state index in [1.165, 1.54) is 41.7 Å². The number of carbonyl (C=O) groups excluding carboxylic acids is 1. The SMILES string of the molecule is COc1ccccc1N(Cc1ccccc1)S(=O)(=O)c1cc(C(=O)Nc2c(C)cccc2-c2nc3cc(F)ccc3n2C2CC2)ccc1Cl. The highest BCUT2D eigenvalue weighted by atomic mass is 35.5. The number of aryl methyl sites for hydroxylation is 1. The highest BCUT2D eigenvalue weighted by Crippen LogP contribution is 2.43. The average molecular weight is 695 g/mol. The molecule has 1 aromatic heterocycles. The number of rotatable bonds is 10. The molecule has 7 rings (SSSR count). The summed E-state index contributed by atoms with van der Waals surface area (Å²) in [5.41, 5.74) is 4.47. The molecule has 248 valence electrons. The number of benzene rings is 5. The van der Waals surface area contributed by atoms with Crippen molar-refractivity contribution in [3.63, 3.8) is 0 Å². The first-order valence-electron chi connectivity index (χ1n) is 15.7. The molecule has 0 unspecified atom stereocenters. The Morgan fingerprint density at radius 2 is 1.73 bits per heavy atom. The van der Waals surface area contributed by atoms with E-state index >= 15 is 0 Å². The summed E-state index contributed by atoms with van der Waals surface area (Å²) in [6.45, 7) is 1.87. The second kappa shape index (κ2) is 13.0. The number of para-hydroxylation sites is 3. The van der Waals surface area contributed by atoms with Crippen molar-refractivity contribution >= 4 is 49.9 Å². The third-order valence-electron chi connectivity index (χ3n) is 8.60. The summed E-state index contributed by atoms with van der Waals surface area (Å²) in [5.74, 6) is 0.0726. The molecule has 0 atom stereocenters. The fourth-order valence-electron chi connectivity index (χ4n) is 6.02. The molecule has 5 aromatic carbocycles. The summed E-state index contributed by atoms with van der Waals surface area (Å²) < 4.78 is 52.0. The monoisotopic (exact) mass is 694 g/mol. The summed E-state index contributed by atoms with van der Waals surface area (Å²) in [7, 11) is -2.86. The van der Waals surface area contributed by atoms with E-state index < -0.39 is 15.9 Å². The topological polar surface area (TPSA) is 93.5 Å². The molecule has 11 heteroatoms. The molecule has 1 amide bonds. The molecule has 1 saturated carbocycles. The van der Waals surface area contributed by atoms with Gasteiger partial charge in [0, 0.05) is 23.2 Å². The van der Waals surface area contributed by atoms with Gasteiger partial charge < -0.3 is 14.6 Å². The zero-order valence-corrected chi connectivity index (χ0v) is 28.3. The van der Waals surface area contributed by atoms with E-state index in [2.05, 4.69) is 9.88 Å². The smallest absolute Gasteiger partial charge is 0.266 e. The molecular weight excluding hydrogens is 663 g/mol. The Balaban J connectivity index is 1.27. The maximum absolute atomic E-state index is 14.5. The van der Waals surface area contributed by atoms with E-state index in [0.717, 1.165) is 29.5 Å². The zero-order chi connectivity index (χ0) is 34.3. The van der Waals surface area contributed by atoms with Crippen LogP contribution in [0.1, 0.15) is 40.4 Å². The Morgan fingerprint density at radius 1 is 0.980 bits per heavy atom. The maximum atomic E-state index is 14.5. The molecule has 1 heterocycles. The van der Waals surface area contributed by atoms with Crippen LogP contribution in [0.5, 0.6) is 5.75 Å². The molecule has 0 saturated heterocycles. The van der Waals surface area contributed by atoms with Crippen LogP contribution in [0.2, 0.25) is 5.02 Å². The van der Waals surface area contributed by atoms with E-state index in [-0.39, 0.29) is 33.9 Å². The summed E-state index contributed by atoms with van der Waals surface area (Å²) >= 11 is 6.58. The summed E-state index contributed by atoms with van der Waals surface area (Å²) in [5, 5.41) is 2.98. The van der Waals surface area contributed by atoms with Crippen LogP contribution in [0.3, 0.4) is 0 Å². The number of aromatic nitrogens is 2. The lowest BCUT2D eigenvalue weighted by Crippen LogP contribution is -2.31. The fraction of sp³-hybridized carbons (Fsp3) is 0.158. The maximum Gasteiger partial charge on any atom is 0.266 e. The first kappa shape index (κ1) is 32.4. The number of halogens is 2. The largest absolute Gasteiger partial charge is 0.495 e. The molecule has 1 N–H and O–H groups in total. The summed E-state index contributed by atoms with van der Waals surface area (Å²) in [4.78, 5) is 18.5. The van der Waals surface area contributed by atoms with Crippen LogP contribution >= 0.6 is 11.6 Å². The lowest BCUT2D eigenvalue weighted by molar-refractivity contribution is 0.102. The third kappa shape index (κ3) is 6.25. The van der Waals surface area contributed by atoms with Crippen LogP contribution in [0.15, 0.2) is 114 Å². The van der Waals surface area contributed by atoms with Gasteiger partial charge in [-0.3, -0.25) is 9.10 Å². The Labute approximate surface area is 288 Å². The summed E-state index contributed by atoms with van der Waals surface area (Å²) in [6, 6.07) is 30.6. The van der Waals surface area contributed by atoms with Gasteiger partial charge in [0.25, 0.3) is 15.9 Å². The van der Waals surface area contributed by atoms with Gasteiger partial charge in [-0.25, -0.2) is 17.8 Å². The number of carbonyl (C=O) groups is 1. The number of nitrogens with one attached hydrogen (secondary N) is 1. The molecular formula is C38H32ClFN4O4S. The van der Waals surface area contributed by atoms with Crippen molar-refractivity contribution in [1.29, 1.82) is 0 Å². The van der Waals surface area contributed by atoms with E-state index in [1.807, 2.05) is 55.5 Å². The predicted octanol–water partition coefficient (Wildman–Crippen LogP) is 8.80. The molecule has 1 aliphatic rings. The molecule has 6 aromatic rings. The minimum atomic E-state index is -4.33. The minimum absolute atomic E-state index is 0.00519. The number of hydrogen-bond donors (Lipinski definition) is 1. The predicted molar refractivity (Wildman–Crippen MR) is 190 cm³/mol. The zero-order valence-electron chi connectivity index (χ0n) is 26.7. The van der Waals surface area contributed by atoms with Gasteiger partial charge in [0.1, 0.15) is 22.3 Å². The molecule has 0 aliphatic heterocycles. The average Bonchev–Trinajstić information content (AvgIpc) is 3.88. The number of nitrogens with zero attached hydrogens (tertiary/aromatic N) is 3. The van der Waals surface area contributed by atoms with Crippen molar-refractivity contribution < 1.29 is 22.3 Å². The number of ether oxygens (including phenoxy) is 1. The van der Waals surface area contributed by atoms with Crippen molar-refractivity contribution in [2.24, 2.45) is 0 Å². The normalized spacial score (nSPS) is 13.0. The van der Waals surface area contributed by atoms with Crippen molar-refractivity contribution in [2.75, 3.05) is 16.7 Å². The number of sulfonamides is 1. The van der Waals surface area contributed by atoms with Gasteiger partial charge in [-0.15, -0.1) is 0 Å². The molecule has 1 aliphatic carbocycles. The lowest BCUT2D eigenvalue weighted by Gasteiger charge is -2.27. The molecule has 0 bridgehead atoms. The Hall–Kier alpha value is -5.19. The number of fused-ring (bicyclic) bond motifs is 1. The van der Waals surface area contributed by atoms with Crippen LogP contribution in [0.25, 0.3) is 22.4 Å². The number of hydrogen-bond acceptors (Lipinski definition) is 5. The van der Waals surface area contributed by atoms with E-state index in [1.54, 1.807) is 30.3 Å². The second-order valence-corrected chi connectivity index (χ2v) is 14.2. The number of amides is 1. The minimum Gasteiger partial charge on any atom is -0.495 e. The molecule has 8 nitrogen and oxygen atoms in total. The molecule has 1 fully saturated rings. The van der Waals surface area contributed by atoms with Crippen molar-refractivity contribution in [1.82, 2.24) is 9.55 Å². The van der Waals surface area contributed by atoms with Gasteiger partial charge in [-0.2, -0.15) is 0 Å². The molecule has 0 radical (unpaired) electrons. The van der Waals surface area contributed by atoms with Gasteiger partial charge in [-0.1, -0.05) is 66.2 Å². The standard InChI is InChI=1S/C38H32ClFN4O4S/c1-24-9-8-12-29(37-41-31-22-27(40)16-20-32(31)44(37)28-17-18-28)36(24)42-38(45)26-15-19-30(39)35(21-26)49(46,47)43(23-25-10-4-3-5-11-25)33-13-6-7-14-34(33)48-2/h3-16,19-22,28H,17-18,23H2,1-2H3,(H,42,45). The Bertz CT molecular complexity index is 2320. The van der Waals surface area contributed by atoms with Crippen LogP contribution in [0, 0.1) is 12.7 Å². The van der Waals surface area contributed by atoms with Gasteiger partial charge >= 0.3 is 0 Å². The van der Waals surface area contributed by atoms with E-state index in [9.17, 15) is 17.6 Å². The van der Waals surface area contributed by atoms with Crippen molar-refractivity contribution in [3.8, 4) is 17.1 Å². The van der Waals surface area contributed by atoms with Gasteiger partial charge in [0.15, 0.2) is 0 Å². The first-order chi connectivity index (χ1) is 23.7. The van der Waals surface area contributed by atoms with E-state index in [4.69, 9.17) is 21.3 Å². The fourth-order valence-corrected chi connectivity index (χ4v) is 7.98. The van der Waals surface area contributed by atoms with Crippen LogP contribution < -0.4 is 14.4 Å². The van der Waals surface area contributed by atoms with Crippen LogP contribution in [-0.4, -0.2) is 31.0 Å². The number of methoxy groups -OCH3 is 1. The Kier molecular flexibility index (Phi) is 8.60. The Morgan fingerprint density at radius 3 is 2.49 bits per heavy atom. The lowest BCUT2D eigenvalue weighted by atomic mass is 10.1. The summed E-state index contributed by atoms with van der Waals surface area (Å²) in [6.07, 6.45) is 1.95. The quantitative estimate of drug-likeness (QED) is 0.155. The highest BCUT2D eigenvalue weighted by molar-refractivity contribution is 7.93. The first-order valence-corrected chi connectivity index (χ1v) is 17.6. The second-order valence-electron chi connectivity index (χ2n) is 11.9. The highest BCUT2D eigenvalue weighted by Gasteiger charge is 2.32. The third-order valence-corrected chi connectivity index (χ3v) is 10.8. The van der Waals surface area contributed by atoms with Gasteiger partial charge in [0.05, 0.1) is 41.1 Å². The van der Waals surface area contributed by atoms with Crippen molar-refractivity contribution in [2.45, 2.75) is 37.2 Å². The van der Waals surface area contributed by atoms with Crippen LogP contribution in [-0.2, 0) is 16.6 Å².